The molecule has 0 saturated carbocycles. The molecule has 0 aliphatic heterocycles. The lowest BCUT2D eigenvalue weighted by Gasteiger charge is -2.25. The van der Waals surface area contributed by atoms with E-state index in [9.17, 15) is 9.90 Å². The fourth-order valence-electron chi connectivity index (χ4n) is 7.24. The Hall–Kier alpha value is -5.60. The number of rotatable bonds is 18. The molecule has 55 heavy (non-hydrogen) atoms. The van der Waals surface area contributed by atoms with Crippen LogP contribution < -0.4 is 19.5 Å². The van der Waals surface area contributed by atoms with E-state index < -0.39 is 0 Å². The van der Waals surface area contributed by atoms with E-state index >= 15 is 0 Å². The van der Waals surface area contributed by atoms with Gasteiger partial charge in [-0.25, -0.2) is 0 Å². The minimum Gasteiger partial charge on any atom is -0.507 e. The van der Waals surface area contributed by atoms with Crippen LogP contribution in [0.5, 0.6) is 28.7 Å². The zero-order valence-corrected chi connectivity index (χ0v) is 32.1. The van der Waals surface area contributed by atoms with Crippen molar-refractivity contribution in [2.24, 2.45) is 0 Å². The van der Waals surface area contributed by atoms with Crippen molar-refractivity contribution in [2.45, 2.75) is 71.1 Å². The second kappa shape index (κ2) is 17.7. The number of ketones is 1. The summed E-state index contributed by atoms with van der Waals surface area (Å²) in [6, 6.07) is 29.0. The largest absolute Gasteiger partial charge is 0.507 e. The summed E-state index contributed by atoms with van der Waals surface area (Å²) < 4.78 is 18.3. The molecule has 0 bridgehead atoms. The number of aromatic nitrogens is 2. The highest BCUT2D eigenvalue weighted by molar-refractivity contribution is 6.31. The molecular weight excluding hydrogens is 710 g/mol. The highest BCUT2D eigenvalue weighted by Gasteiger charge is 2.33. The van der Waals surface area contributed by atoms with E-state index in [1.165, 1.54) is 64.5 Å². The van der Waals surface area contributed by atoms with Gasteiger partial charge in [0.2, 0.25) is 0 Å². The molecule has 8 nitrogen and oxygen atoms in total. The molecule has 0 radical (unpaired) electrons. The lowest BCUT2D eigenvalue weighted by Crippen LogP contribution is -2.15. The topological polar surface area (TPSA) is 103 Å². The first kappa shape index (κ1) is 37.7. The predicted molar refractivity (Wildman–Crippen MR) is 221 cm³/mol. The number of anilines is 2. The third kappa shape index (κ3) is 8.40. The second-order valence-electron chi connectivity index (χ2n) is 13.9. The number of hydrogen-bond acceptors (Lipinski definition) is 8. The Balaban J connectivity index is 1.28. The zero-order chi connectivity index (χ0) is 38.1. The van der Waals surface area contributed by atoms with Crippen molar-refractivity contribution in [3.63, 3.8) is 0 Å². The van der Waals surface area contributed by atoms with E-state index in [1.807, 2.05) is 54.6 Å². The van der Waals surface area contributed by atoms with Crippen molar-refractivity contribution < 1.29 is 24.1 Å². The third-order valence-corrected chi connectivity index (χ3v) is 10.3. The molecule has 6 aromatic rings. The highest BCUT2D eigenvalue weighted by atomic mass is 35.5. The molecule has 1 aromatic heterocycles. The molecule has 0 fully saturated rings. The normalized spacial score (nSPS) is 11.7. The van der Waals surface area contributed by atoms with E-state index in [4.69, 9.17) is 30.9 Å². The number of nitrogens with zero attached hydrogens (tertiary/aromatic N) is 2. The number of ether oxygens (including phenoxy) is 3. The van der Waals surface area contributed by atoms with Gasteiger partial charge in [0.25, 0.3) is 0 Å². The number of methoxy groups -OCH3 is 1. The van der Waals surface area contributed by atoms with E-state index in [0.717, 1.165) is 12.8 Å². The van der Waals surface area contributed by atoms with Gasteiger partial charge in [-0.1, -0.05) is 119 Å². The van der Waals surface area contributed by atoms with Gasteiger partial charge in [0.05, 0.1) is 36.0 Å². The van der Waals surface area contributed by atoms with Crippen LogP contribution in [0.25, 0.3) is 33.3 Å². The summed E-state index contributed by atoms with van der Waals surface area (Å²) in [5, 5.41) is 25.8. The summed E-state index contributed by atoms with van der Waals surface area (Å²) >= 11 is 6.58. The van der Waals surface area contributed by atoms with Gasteiger partial charge >= 0.3 is 0 Å². The fraction of sp³-hybridized carbons (Fsp3) is 0.283. The van der Waals surface area contributed by atoms with Gasteiger partial charge in [0.1, 0.15) is 40.1 Å². The minimum absolute atomic E-state index is 0.0518. The molecule has 1 aliphatic rings. The van der Waals surface area contributed by atoms with Gasteiger partial charge in [0, 0.05) is 39.2 Å². The van der Waals surface area contributed by atoms with Gasteiger partial charge in [-0.15, -0.1) is 10.2 Å². The number of nitrogens with one attached hydrogen (secondary N) is 1. The van der Waals surface area contributed by atoms with Crippen molar-refractivity contribution in [3.8, 4) is 51.3 Å². The average molecular weight is 756 g/mol. The summed E-state index contributed by atoms with van der Waals surface area (Å²) in [6.07, 6.45) is 12.4. The molecule has 2 N–H and O–H groups in total. The van der Waals surface area contributed by atoms with Crippen molar-refractivity contribution in [1.82, 2.24) is 10.2 Å². The van der Waals surface area contributed by atoms with E-state index in [2.05, 4.69) is 17.3 Å². The summed E-state index contributed by atoms with van der Waals surface area (Å²) in [5.41, 5.74) is 3.97. The average Bonchev–Trinajstić information content (AvgIpc) is 3.20. The number of unbranched alkanes of at least 4 members (excludes halogenated alkanes) is 9. The molecular formula is C46H46ClN3O5. The van der Waals surface area contributed by atoms with Crippen molar-refractivity contribution in [3.05, 3.63) is 113 Å². The van der Waals surface area contributed by atoms with Gasteiger partial charge in [-0.05, 0) is 48.9 Å². The Bertz CT molecular complexity index is 2290. The number of phenolic OH excluding ortho intramolecular Hbond substituents is 1. The van der Waals surface area contributed by atoms with Crippen LogP contribution in [0, 0.1) is 0 Å². The lowest BCUT2D eigenvalue weighted by molar-refractivity contribution is 0.104. The Labute approximate surface area is 327 Å². The van der Waals surface area contributed by atoms with Gasteiger partial charge < -0.3 is 24.6 Å². The van der Waals surface area contributed by atoms with Crippen LogP contribution in [-0.2, 0) is 0 Å². The monoisotopic (exact) mass is 755 g/mol. The standard InChI is InChI=1S/C46H46ClN3O5/c1-3-4-5-6-7-8-9-10-11-17-26-54-39-25-22-30(47)27-36(39)48-37-29-40(55-31-18-13-12-14-19-31)42-43-41(37)46(52)34-21-16-15-20-33(34)44(43)49-50-45(42)35-24-23-32(53-2)28-38(35)51/h12-16,18-25,27-29,48,51H,3-11,17,26H2,1-2H3. The maximum absolute atomic E-state index is 14.7. The maximum Gasteiger partial charge on any atom is 0.196 e. The van der Waals surface area contributed by atoms with E-state index in [0.29, 0.717) is 90.4 Å². The van der Waals surface area contributed by atoms with Crippen molar-refractivity contribution >= 4 is 39.5 Å². The molecule has 0 spiro atoms. The van der Waals surface area contributed by atoms with Crippen LogP contribution in [0.15, 0.2) is 97.1 Å². The summed E-state index contributed by atoms with van der Waals surface area (Å²) in [4.78, 5) is 14.7. The molecule has 1 aliphatic carbocycles. The van der Waals surface area contributed by atoms with E-state index in [1.54, 1.807) is 36.4 Å². The van der Waals surface area contributed by atoms with Crippen LogP contribution in [0.4, 0.5) is 11.4 Å². The van der Waals surface area contributed by atoms with E-state index in [-0.39, 0.29) is 11.5 Å². The van der Waals surface area contributed by atoms with Crippen LogP contribution in [0.3, 0.4) is 0 Å². The number of fused-ring (bicyclic) bond motifs is 2. The molecule has 0 unspecified atom stereocenters. The molecule has 1 heterocycles. The number of carbonyl (C=O) groups is 1. The first-order valence-electron chi connectivity index (χ1n) is 19.3. The predicted octanol–water partition coefficient (Wildman–Crippen LogP) is 12.7. The number of aromatic hydroxyl groups is 1. The Kier molecular flexibility index (Phi) is 12.1. The lowest BCUT2D eigenvalue weighted by atomic mass is 9.83. The molecule has 0 saturated heterocycles. The Morgan fingerprint density at radius 1 is 0.655 bits per heavy atom. The van der Waals surface area contributed by atoms with Crippen LogP contribution in [-0.4, -0.2) is 34.8 Å². The SMILES string of the molecule is CCCCCCCCCCCCOc1ccc(Cl)cc1Nc1cc(Oc2ccccc2)c2c(-c3ccc(OC)cc3O)nnc3c2c1C(=O)c1ccccc1-3. The number of phenols is 1. The number of hydrogen-bond donors (Lipinski definition) is 2. The van der Waals surface area contributed by atoms with Crippen LogP contribution in [0.1, 0.15) is 87.1 Å². The third-order valence-electron chi connectivity index (χ3n) is 10.1. The van der Waals surface area contributed by atoms with Gasteiger partial charge in [0.15, 0.2) is 5.78 Å². The molecule has 5 aromatic carbocycles. The molecule has 282 valence electrons. The van der Waals surface area contributed by atoms with Crippen LogP contribution in [0.2, 0.25) is 5.02 Å². The number of para-hydroxylation sites is 1. The molecule has 9 heteroatoms. The summed E-state index contributed by atoms with van der Waals surface area (Å²) in [7, 11) is 1.54. The summed E-state index contributed by atoms with van der Waals surface area (Å²) in [5.74, 6) is 1.87. The minimum atomic E-state index is -0.186. The number of carbonyl (C=O) groups excluding carboxylic acids is 1. The molecule has 7 rings (SSSR count). The highest BCUT2D eigenvalue weighted by Crippen LogP contribution is 2.50. The Morgan fingerprint density at radius 3 is 2.04 bits per heavy atom. The zero-order valence-electron chi connectivity index (χ0n) is 31.4. The first-order chi connectivity index (χ1) is 27.0. The van der Waals surface area contributed by atoms with Crippen molar-refractivity contribution in [2.75, 3.05) is 19.0 Å². The van der Waals surface area contributed by atoms with Gasteiger partial charge in [-0.2, -0.15) is 0 Å². The number of halogens is 1. The molecule has 0 amide bonds. The molecule has 0 atom stereocenters. The van der Waals surface area contributed by atoms with Crippen molar-refractivity contribution in [1.29, 1.82) is 0 Å². The quantitative estimate of drug-likeness (QED) is 0.0835. The second-order valence-corrected chi connectivity index (χ2v) is 14.3. The van der Waals surface area contributed by atoms with Crippen LogP contribution >= 0.6 is 11.6 Å². The number of benzene rings is 5. The first-order valence-corrected chi connectivity index (χ1v) is 19.7. The summed E-state index contributed by atoms with van der Waals surface area (Å²) in [6.45, 7) is 2.81. The fourth-order valence-corrected chi connectivity index (χ4v) is 7.41. The maximum atomic E-state index is 14.7. The Morgan fingerprint density at radius 2 is 1.33 bits per heavy atom. The smallest absolute Gasteiger partial charge is 0.196 e. The van der Waals surface area contributed by atoms with Gasteiger partial charge in [-0.3, -0.25) is 4.79 Å².